The first-order chi connectivity index (χ1) is 13.2. The monoisotopic (exact) mass is 395 g/mol. The van der Waals surface area contributed by atoms with Gasteiger partial charge in [-0.25, -0.2) is 0 Å². The molecule has 0 saturated heterocycles. The number of hydrazine groups is 1. The summed E-state index contributed by atoms with van der Waals surface area (Å²) in [6, 6.07) is 9.68. The maximum absolute atomic E-state index is 12.7. The highest BCUT2D eigenvalue weighted by atomic mass is 19.4. The minimum absolute atomic E-state index is 0.181. The van der Waals surface area contributed by atoms with Crippen molar-refractivity contribution in [3.8, 4) is 11.5 Å². The van der Waals surface area contributed by atoms with Gasteiger partial charge >= 0.3 is 6.18 Å². The maximum Gasteiger partial charge on any atom is 0.416 e. The molecule has 0 aliphatic carbocycles. The number of carbonyl (C=O) groups excluding carboxylic acids is 1. The molecule has 0 aliphatic rings. The average molecular weight is 395 g/mol. The van der Waals surface area contributed by atoms with Crippen molar-refractivity contribution in [2.24, 2.45) is 0 Å². The van der Waals surface area contributed by atoms with Gasteiger partial charge in [0.15, 0.2) is 0 Å². The van der Waals surface area contributed by atoms with Crippen LogP contribution in [0.1, 0.15) is 11.1 Å². The second kappa shape index (κ2) is 9.03. The Balaban J connectivity index is 1.90. The highest BCUT2D eigenvalue weighted by Gasteiger charge is 2.30. The van der Waals surface area contributed by atoms with Crippen LogP contribution < -0.4 is 25.6 Å². The molecule has 9 heteroatoms. The van der Waals surface area contributed by atoms with Crippen LogP contribution in [0, 0.1) is 0 Å². The van der Waals surface area contributed by atoms with Crippen molar-refractivity contribution < 1.29 is 27.4 Å². The summed E-state index contributed by atoms with van der Waals surface area (Å²) in [4.78, 5) is 11.9. The third-order valence-corrected chi connectivity index (χ3v) is 3.73. The van der Waals surface area contributed by atoms with Gasteiger partial charge in [0.05, 0.1) is 32.0 Å². The summed E-state index contributed by atoms with van der Waals surface area (Å²) in [5.41, 5.74) is 5.42. The zero-order chi connectivity index (χ0) is 20.7. The highest BCUT2D eigenvalue weighted by molar-refractivity contribution is 5.81. The number of methoxy groups -OCH3 is 2. The van der Waals surface area contributed by atoms with Gasteiger partial charge in [0.25, 0.3) is 5.91 Å². The summed E-state index contributed by atoms with van der Waals surface area (Å²) >= 11 is 0. The SMILES string of the molecule is C=C(NNC(=O)CNc1cccc(C(F)(F)F)c1)c1ccc(OC)cc1OC. The number of ether oxygens (including phenoxy) is 2. The molecule has 0 heterocycles. The third kappa shape index (κ3) is 5.57. The first-order valence-electron chi connectivity index (χ1n) is 8.12. The Labute approximate surface area is 160 Å². The van der Waals surface area contributed by atoms with Crippen molar-refractivity contribution in [2.45, 2.75) is 6.18 Å². The quantitative estimate of drug-likeness (QED) is 0.598. The number of alkyl halides is 3. The van der Waals surface area contributed by atoms with E-state index in [0.29, 0.717) is 22.8 Å². The Hall–Kier alpha value is -3.36. The number of rotatable bonds is 8. The molecule has 2 aromatic carbocycles. The molecule has 0 radical (unpaired) electrons. The van der Waals surface area contributed by atoms with Crippen LogP contribution in [-0.4, -0.2) is 26.7 Å². The number of hydrogen-bond donors (Lipinski definition) is 3. The molecule has 0 spiro atoms. The molecular formula is C19H20F3N3O3. The molecule has 0 aliphatic heterocycles. The molecular weight excluding hydrogens is 375 g/mol. The predicted octanol–water partition coefficient (Wildman–Crippen LogP) is 3.43. The molecule has 0 unspecified atom stereocenters. The van der Waals surface area contributed by atoms with Crippen molar-refractivity contribution in [1.82, 2.24) is 10.9 Å². The molecule has 2 rings (SSSR count). The van der Waals surface area contributed by atoms with Crippen molar-refractivity contribution in [3.63, 3.8) is 0 Å². The highest BCUT2D eigenvalue weighted by Crippen LogP contribution is 2.30. The Morgan fingerprint density at radius 1 is 1.07 bits per heavy atom. The van der Waals surface area contributed by atoms with E-state index in [1.807, 2.05) is 0 Å². The lowest BCUT2D eigenvalue weighted by atomic mass is 10.1. The van der Waals surface area contributed by atoms with Crippen LogP contribution >= 0.6 is 0 Å². The normalized spacial score (nSPS) is 10.8. The van der Waals surface area contributed by atoms with E-state index in [9.17, 15) is 18.0 Å². The van der Waals surface area contributed by atoms with E-state index < -0.39 is 17.6 Å². The summed E-state index contributed by atoms with van der Waals surface area (Å²) in [5, 5.41) is 2.64. The Bertz CT molecular complexity index is 854. The first kappa shape index (κ1) is 20.9. The molecule has 0 bridgehead atoms. The Morgan fingerprint density at radius 2 is 1.82 bits per heavy atom. The van der Waals surface area contributed by atoms with Gasteiger partial charge in [-0.15, -0.1) is 0 Å². The second-order valence-electron chi connectivity index (χ2n) is 5.65. The Morgan fingerprint density at radius 3 is 2.46 bits per heavy atom. The Kier molecular flexibility index (Phi) is 6.75. The lowest BCUT2D eigenvalue weighted by Crippen LogP contribution is -2.39. The van der Waals surface area contributed by atoms with Crippen molar-refractivity contribution >= 4 is 17.3 Å². The zero-order valence-corrected chi connectivity index (χ0v) is 15.3. The molecule has 0 aromatic heterocycles. The van der Waals surface area contributed by atoms with Crippen molar-refractivity contribution in [2.75, 3.05) is 26.1 Å². The van der Waals surface area contributed by atoms with Gasteiger partial charge in [-0.3, -0.25) is 15.6 Å². The van der Waals surface area contributed by atoms with E-state index >= 15 is 0 Å². The van der Waals surface area contributed by atoms with Crippen molar-refractivity contribution in [1.29, 1.82) is 0 Å². The van der Waals surface area contributed by atoms with E-state index in [4.69, 9.17) is 9.47 Å². The third-order valence-electron chi connectivity index (χ3n) is 3.73. The number of amides is 1. The van der Waals surface area contributed by atoms with Crippen molar-refractivity contribution in [3.05, 3.63) is 60.2 Å². The van der Waals surface area contributed by atoms with Crippen LogP contribution in [0.2, 0.25) is 0 Å². The van der Waals surface area contributed by atoms with E-state index in [-0.39, 0.29) is 12.2 Å². The summed E-state index contributed by atoms with van der Waals surface area (Å²) in [6.07, 6.45) is -4.45. The van der Waals surface area contributed by atoms with Crippen LogP contribution in [-0.2, 0) is 11.0 Å². The maximum atomic E-state index is 12.7. The molecule has 28 heavy (non-hydrogen) atoms. The average Bonchev–Trinajstić information content (AvgIpc) is 2.69. The fourth-order valence-electron chi connectivity index (χ4n) is 2.29. The van der Waals surface area contributed by atoms with E-state index in [1.54, 1.807) is 18.2 Å². The smallest absolute Gasteiger partial charge is 0.416 e. The lowest BCUT2D eigenvalue weighted by molar-refractivity contribution is -0.137. The fourth-order valence-corrected chi connectivity index (χ4v) is 2.29. The molecule has 150 valence electrons. The molecule has 1 amide bonds. The molecule has 0 saturated carbocycles. The predicted molar refractivity (Wildman–Crippen MR) is 99.8 cm³/mol. The van der Waals surface area contributed by atoms with E-state index in [0.717, 1.165) is 12.1 Å². The number of carbonyl (C=O) groups is 1. The van der Waals surface area contributed by atoms with Crippen LogP contribution in [0.25, 0.3) is 5.70 Å². The van der Waals surface area contributed by atoms with Crippen LogP contribution in [0.3, 0.4) is 0 Å². The summed E-state index contributed by atoms with van der Waals surface area (Å²) in [5.74, 6) is 0.599. The number of nitrogens with one attached hydrogen (secondary N) is 3. The summed E-state index contributed by atoms with van der Waals surface area (Å²) in [6.45, 7) is 3.59. The van der Waals surface area contributed by atoms with Crippen LogP contribution in [0.15, 0.2) is 49.0 Å². The molecule has 0 atom stereocenters. The van der Waals surface area contributed by atoms with Gasteiger partial charge in [0.1, 0.15) is 11.5 Å². The number of halogens is 3. The van der Waals surface area contributed by atoms with Gasteiger partial charge in [-0.2, -0.15) is 13.2 Å². The number of anilines is 1. The molecule has 2 aromatic rings. The minimum Gasteiger partial charge on any atom is -0.497 e. The molecule has 6 nitrogen and oxygen atoms in total. The largest absolute Gasteiger partial charge is 0.497 e. The first-order valence-corrected chi connectivity index (χ1v) is 8.12. The molecule has 0 fully saturated rings. The zero-order valence-electron chi connectivity index (χ0n) is 15.3. The van der Waals surface area contributed by atoms with Gasteiger partial charge < -0.3 is 14.8 Å². The standard InChI is InChI=1S/C19H20F3N3O3/c1-12(16-8-7-15(27-2)10-17(16)28-3)24-25-18(26)11-23-14-6-4-5-13(9-14)19(20,21)22/h4-10,23-24H,1,11H2,2-3H3,(H,25,26). The van der Waals surface area contributed by atoms with Crippen LogP contribution in [0.4, 0.5) is 18.9 Å². The number of benzene rings is 2. The van der Waals surface area contributed by atoms with Gasteiger partial charge in [0.2, 0.25) is 0 Å². The second-order valence-corrected chi connectivity index (χ2v) is 5.65. The van der Waals surface area contributed by atoms with Gasteiger partial charge in [0, 0.05) is 17.3 Å². The van der Waals surface area contributed by atoms with Gasteiger partial charge in [-0.05, 0) is 30.3 Å². The van der Waals surface area contributed by atoms with E-state index in [1.165, 1.54) is 26.4 Å². The minimum atomic E-state index is -4.45. The van der Waals surface area contributed by atoms with E-state index in [2.05, 4.69) is 22.7 Å². The summed E-state index contributed by atoms with van der Waals surface area (Å²) in [7, 11) is 3.02. The van der Waals surface area contributed by atoms with Gasteiger partial charge in [-0.1, -0.05) is 12.6 Å². The van der Waals surface area contributed by atoms with Crippen LogP contribution in [0.5, 0.6) is 11.5 Å². The molecule has 3 N–H and O–H groups in total. The topological polar surface area (TPSA) is 71.6 Å². The summed E-state index contributed by atoms with van der Waals surface area (Å²) < 4.78 is 48.5. The lowest BCUT2D eigenvalue weighted by Gasteiger charge is -2.15. The number of hydrogen-bond acceptors (Lipinski definition) is 5. The fraction of sp³-hybridized carbons (Fsp3) is 0.211.